The van der Waals surface area contributed by atoms with Crippen molar-refractivity contribution in [2.24, 2.45) is 0 Å². The van der Waals surface area contributed by atoms with Crippen molar-refractivity contribution in [2.45, 2.75) is 6.92 Å². The zero-order valence-corrected chi connectivity index (χ0v) is 17.5. The summed E-state index contributed by atoms with van der Waals surface area (Å²) < 4.78 is 0.915. The lowest BCUT2D eigenvalue weighted by molar-refractivity contribution is 0.102. The number of fused-ring (bicyclic) bond motifs is 1. The van der Waals surface area contributed by atoms with Crippen LogP contribution in [-0.2, 0) is 0 Å². The van der Waals surface area contributed by atoms with Crippen molar-refractivity contribution in [1.29, 1.82) is 0 Å². The molecule has 0 bridgehead atoms. The van der Waals surface area contributed by atoms with Gasteiger partial charge in [-0.05, 0) is 66.4 Å². The van der Waals surface area contributed by atoms with Crippen LogP contribution in [0.4, 0.5) is 5.69 Å². The standard InChI is InChI=1S/C21H14BrClN2OS/c1-12-9-13(22)10-16-17(21(26)24-15-6-4-14(23)5-7-15)11-18(25-20(12)16)19-3-2-8-27-19/h2-11H,1H3,(H,24,26). The molecule has 0 atom stereocenters. The van der Waals surface area contributed by atoms with Crippen LogP contribution in [0.2, 0.25) is 5.02 Å². The van der Waals surface area contributed by atoms with Gasteiger partial charge >= 0.3 is 0 Å². The van der Waals surface area contributed by atoms with Crippen LogP contribution >= 0.6 is 38.9 Å². The fourth-order valence-electron chi connectivity index (χ4n) is 2.93. The molecule has 0 aliphatic carbocycles. The maximum atomic E-state index is 13.1. The van der Waals surface area contributed by atoms with Gasteiger partial charge in [-0.2, -0.15) is 0 Å². The smallest absolute Gasteiger partial charge is 0.256 e. The van der Waals surface area contributed by atoms with E-state index < -0.39 is 0 Å². The van der Waals surface area contributed by atoms with Gasteiger partial charge in [0.2, 0.25) is 0 Å². The van der Waals surface area contributed by atoms with Gasteiger partial charge in [0.25, 0.3) is 5.91 Å². The van der Waals surface area contributed by atoms with Gasteiger partial charge in [-0.15, -0.1) is 11.3 Å². The summed E-state index contributed by atoms with van der Waals surface area (Å²) in [5.74, 6) is -0.181. The number of anilines is 1. The minimum atomic E-state index is -0.181. The van der Waals surface area contributed by atoms with Crippen molar-refractivity contribution < 1.29 is 4.79 Å². The van der Waals surface area contributed by atoms with Crippen LogP contribution in [0.25, 0.3) is 21.5 Å². The van der Waals surface area contributed by atoms with Crippen LogP contribution in [0.3, 0.4) is 0 Å². The van der Waals surface area contributed by atoms with E-state index >= 15 is 0 Å². The summed E-state index contributed by atoms with van der Waals surface area (Å²) in [7, 11) is 0. The molecule has 27 heavy (non-hydrogen) atoms. The summed E-state index contributed by atoms with van der Waals surface area (Å²) >= 11 is 11.1. The van der Waals surface area contributed by atoms with Crippen LogP contribution < -0.4 is 5.32 Å². The Balaban J connectivity index is 1.86. The number of rotatable bonds is 3. The average molecular weight is 458 g/mol. The highest BCUT2D eigenvalue weighted by Gasteiger charge is 2.16. The van der Waals surface area contributed by atoms with Gasteiger partial charge in [0, 0.05) is 20.6 Å². The highest BCUT2D eigenvalue weighted by molar-refractivity contribution is 9.10. The molecule has 3 nitrogen and oxygen atoms in total. The van der Waals surface area contributed by atoms with Crippen molar-refractivity contribution in [3.8, 4) is 10.6 Å². The molecule has 6 heteroatoms. The van der Waals surface area contributed by atoms with Crippen LogP contribution in [0.5, 0.6) is 0 Å². The van der Waals surface area contributed by atoms with E-state index in [-0.39, 0.29) is 5.91 Å². The number of hydrogen-bond donors (Lipinski definition) is 1. The number of nitrogens with zero attached hydrogens (tertiary/aromatic N) is 1. The highest BCUT2D eigenvalue weighted by Crippen LogP contribution is 2.31. The SMILES string of the molecule is Cc1cc(Br)cc2c(C(=O)Nc3ccc(Cl)cc3)cc(-c3cccs3)nc12. The van der Waals surface area contributed by atoms with Crippen molar-refractivity contribution >= 4 is 61.4 Å². The Morgan fingerprint density at radius 1 is 1.15 bits per heavy atom. The number of halogens is 2. The van der Waals surface area contributed by atoms with Crippen molar-refractivity contribution in [2.75, 3.05) is 5.32 Å². The van der Waals surface area contributed by atoms with E-state index in [1.165, 1.54) is 0 Å². The molecule has 2 heterocycles. The molecule has 0 saturated heterocycles. The van der Waals surface area contributed by atoms with Gasteiger partial charge in [-0.1, -0.05) is 33.6 Å². The second-order valence-electron chi connectivity index (χ2n) is 6.11. The summed E-state index contributed by atoms with van der Waals surface area (Å²) in [5.41, 5.74) is 3.91. The molecule has 0 fully saturated rings. The van der Waals surface area contributed by atoms with Gasteiger partial charge in [-0.25, -0.2) is 4.98 Å². The molecule has 0 unspecified atom stereocenters. The number of aryl methyl sites for hydroxylation is 1. The predicted molar refractivity (Wildman–Crippen MR) is 117 cm³/mol. The molecule has 1 amide bonds. The van der Waals surface area contributed by atoms with Crippen LogP contribution in [-0.4, -0.2) is 10.9 Å². The molecule has 2 aromatic heterocycles. The van der Waals surface area contributed by atoms with E-state index in [0.717, 1.165) is 31.5 Å². The number of thiophene rings is 1. The monoisotopic (exact) mass is 456 g/mol. The van der Waals surface area contributed by atoms with Crippen LogP contribution in [0.15, 0.2) is 64.5 Å². The van der Waals surface area contributed by atoms with Crippen molar-refractivity contribution in [1.82, 2.24) is 4.98 Å². The Bertz CT molecular complexity index is 1140. The molecule has 4 aromatic rings. The average Bonchev–Trinajstić information content (AvgIpc) is 3.17. The summed E-state index contributed by atoms with van der Waals surface area (Å²) in [4.78, 5) is 18.9. The first-order valence-electron chi connectivity index (χ1n) is 8.23. The van der Waals surface area contributed by atoms with Crippen LogP contribution in [0, 0.1) is 6.92 Å². The predicted octanol–water partition coefficient (Wildman–Crippen LogP) is 6.94. The van der Waals surface area contributed by atoms with Crippen LogP contribution in [0.1, 0.15) is 15.9 Å². The molecule has 0 aliphatic rings. The lowest BCUT2D eigenvalue weighted by atomic mass is 10.0. The Morgan fingerprint density at radius 2 is 1.93 bits per heavy atom. The number of carbonyl (C=O) groups is 1. The highest BCUT2D eigenvalue weighted by atomic mass is 79.9. The first-order chi connectivity index (χ1) is 13.0. The third kappa shape index (κ3) is 3.76. The number of nitrogens with one attached hydrogen (secondary N) is 1. The Hall–Kier alpha value is -2.21. The lowest BCUT2D eigenvalue weighted by Crippen LogP contribution is -2.13. The zero-order chi connectivity index (χ0) is 19.0. The molecular formula is C21H14BrClN2OS. The third-order valence-corrected chi connectivity index (χ3v) is 5.79. The Labute approximate surface area is 174 Å². The summed E-state index contributed by atoms with van der Waals surface area (Å²) in [6, 6.07) is 16.8. The second kappa shape index (κ2) is 7.43. The fraction of sp³-hybridized carbons (Fsp3) is 0.0476. The first-order valence-corrected chi connectivity index (χ1v) is 10.3. The number of benzene rings is 2. The summed E-state index contributed by atoms with van der Waals surface area (Å²) in [6.45, 7) is 2.00. The maximum absolute atomic E-state index is 13.1. The van der Waals surface area contributed by atoms with Gasteiger partial charge in [0.1, 0.15) is 0 Å². The Kier molecular flexibility index (Phi) is 5.00. The van der Waals surface area contributed by atoms with E-state index in [0.29, 0.717) is 16.3 Å². The topological polar surface area (TPSA) is 42.0 Å². The molecule has 0 saturated carbocycles. The van der Waals surface area contributed by atoms with Gasteiger partial charge in [0.05, 0.1) is 21.7 Å². The quantitative estimate of drug-likeness (QED) is 0.362. The minimum Gasteiger partial charge on any atom is -0.322 e. The molecule has 134 valence electrons. The molecule has 0 spiro atoms. The normalized spacial score (nSPS) is 10.9. The first kappa shape index (κ1) is 18.2. The fourth-order valence-corrected chi connectivity index (χ4v) is 4.31. The van der Waals surface area contributed by atoms with E-state index in [4.69, 9.17) is 16.6 Å². The second-order valence-corrected chi connectivity index (χ2v) is 8.41. The van der Waals surface area contributed by atoms with Gasteiger partial charge in [0.15, 0.2) is 0 Å². The number of carbonyl (C=O) groups excluding carboxylic acids is 1. The van der Waals surface area contributed by atoms with Gasteiger partial charge in [-0.3, -0.25) is 4.79 Å². The maximum Gasteiger partial charge on any atom is 0.256 e. The molecule has 2 aromatic carbocycles. The molecule has 4 rings (SSSR count). The minimum absolute atomic E-state index is 0.181. The van der Waals surface area contributed by atoms with E-state index in [9.17, 15) is 4.79 Å². The summed E-state index contributed by atoms with van der Waals surface area (Å²) in [6.07, 6.45) is 0. The van der Waals surface area contributed by atoms with E-state index in [1.54, 1.807) is 35.6 Å². The number of aromatic nitrogens is 1. The number of pyridine rings is 1. The lowest BCUT2D eigenvalue weighted by Gasteiger charge is -2.12. The molecule has 1 N–H and O–H groups in total. The summed E-state index contributed by atoms with van der Waals surface area (Å²) in [5, 5.41) is 6.40. The Morgan fingerprint density at radius 3 is 2.63 bits per heavy atom. The number of amides is 1. The van der Waals surface area contributed by atoms with E-state index in [1.807, 2.05) is 42.6 Å². The van der Waals surface area contributed by atoms with Crippen molar-refractivity contribution in [3.63, 3.8) is 0 Å². The largest absolute Gasteiger partial charge is 0.322 e. The molecular weight excluding hydrogens is 444 g/mol. The van der Waals surface area contributed by atoms with Gasteiger partial charge < -0.3 is 5.32 Å². The number of hydrogen-bond acceptors (Lipinski definition) is 3. The third-order valence-electron chi connectivity index (χ3n) is 4.19. The molecule has 0 radical (unpaired) electrons. The van der Waals surface area contributed by atoms with Crippen molar-refractivity contribution in [3.05, 3.63) is 80.6 Å². The molecule has 0 aliphatic heterocycles. The zero-order valence-electron chi connectivity index (χ0n) is 14.3. The van der Waals surface area contributed by atoms with E-state index in [2.05, 4.69) is 21.2 Å².